The molecule has 0 spiro atoms. The molecule has 1 aromatic heterocycles. The zero-order valence-electron chi connectivity index (χ0n) is 15.8. The summed E-state index contributed by atoms with van der Waals surface area (Å²) >= 11 is 6.21. The monoisotopic (exact) mass is 386 g/mol. The molecule has 0 bridgehead atoms. The fourth-order valence-electron chi connectivity index (χ4n) is 3.47. The Balaban J connectivity index is 1.62. The van der Waals surface area contributed by atoms with Gasteiger partial charge >= 0.3 is 6.03 Å². The van der Waals surface area contributed by atoms with Gasteiger partial charge in [-0.15, -0.1) is 0 Å². The van der Waals surface area contributed by atoms with Crippen LogP contribution in [0.5, 0.6) is 0 Å². The molecule has 0 radical (unpaired) electrons. The Hall–Kier alpha value is -2.11. The molecule has 1 aliphatic heterocycles. The van der Waals surface area contributed by atoms with Gasteiger partial charge in [0.05, 0.1) is 0 Å². The fourth-order valence-corrected chi connectivity index (χ4v) is 3.70. The van der Waals surface area contributed by atoms with E-state index in [2.05, 4.69) is 22.2 Å². The molecule has 3 rings (SSSR count). The quantitative estimate of drug-likeness (QED) is 0.825. The Morgan fingerprint density at radius 2 is 2.04 bits per heavy atom. The van der Waals surface area contributed by atoms with Crippen molar-refractivity contribution < 1.29 is 4.79 Å². The molecule has 27 heavy (non-hydrogen) atoms. The van der Waals surface area contributed by atoms with Crippen molar-refractivity contribution >= 4 is 17.6 Å². The lowest BCUT2D eigenvalue weighted by atomic mass is 10.0. The van der Waals surface area contributed by atoms with Crippen LogP contribution in [0.15, 0.2) is 48.8 Å². The summed E-state index contributed by atoms with van der Waals surface area (Å²) < 4.78 is 0. The van der Waals surface area contributed by atoms with E-state index in [1.807, 2.05) is 47.5 Å². The Kier molecular flexibility index (Phi) is 7.07. The summed E-state index contributed by atoms with van der Waals surface area (Å²) in [5.41, 5.74) is 2.11. The van der Waals surface area contributed by atoms with Crippen LogP contribution in [-0.4, -0.2) is 53.5 Å². The second-order valence-electron chi connectivity index (χ2n) is 7.10. The minimum Gasteiger partial charge on any atom is -0.338 e. The Bertz CT molecular complexity index is 732. The third kappa shape index (κ3) is 5.68. The van der Waals surface area contributed by atoms with Crippen molar-refractivity contribution in [1.29, 1.82) is 0 Å². The van der Waals surface area contributed by atoms with E-state index in [4.69, 9.17) is 11.6 Å². The minimum atomic E-state index is -0.0135. The second kappa shape index (κ2) is 9.72. The lowest BCUT2D eigenvalue weighted by Crippen LogP contribution is -2.50. The minimum absolute atomic E-state index is 0.0135. The van der Waals surface area contributed by atoms with E-state index in [9.17, 15) is 4.79 Å². The summed E-state index contributed by atoms with van der Waals surface area (Å²) in [5, 5.41) is 3.83. The lowest BCUT2D eigenvalue weighted by Gasteiger charge is -2.37. The zero-order chi connectivity index (χ0) is 19.1. The van der Waals surface area contributed by atoms with Gasteiger partial charge in [0.25, 0.3) is 0 Å². The number of piperidine rings is 1. The average molecular weight is 387 g/mol. The molecule has 144 valence electrons. The van der Waals surface area contributed by atoms with E-state index in [1.165, 1.54) is 0 Å². The van der Waals surface area contributed by atoms with Gasteiger partial charge in [0, 0.05) is 36.5 Å². The number of carbonyl (C=O) groups is 1. The molecule has 0 atom stereocenters. The van der Waals surface area contributed by atoms with Crippen LogP contribution in [0.25, 0.3) is 0 Å². The van der Waals surface area contributed by atoms with Gasteiger partial charge in [-0.25, -0.2) is 4.79 Å². The summed E-state index contributed by atoms with van der Waals surface area (Å²) in [5.74, 6) is 0. The molecule has 2 heterocycles. The van der Waals surface area contributed by atoms with Gasteiger partial charge in [-0.3, -0.25) is 4.98 Å². The topological polar surface area (TPSA) is 48.5 Å². The molecular weight excluding hydrogens is 360 g/mol. The van der Waals surface area contributed by atoms with Crippen LogP contribution in [-0.2, 0) is 13.0 Å². The Morgan fingerprint density at radius 3 is 2.74 bits per heavy atom. The number of amides is 2. The number of hydrogen-bond acceptors (Lipinski definition) is 3. The van der Waals surface area contributed by atoms with Gasteiger partial charge < -0.3 is 15.1 Å². The molecule has 6 heteroatoms. The average Bonchev–Trinajstić information content (AvgIpc) is 2.69. The van der Waals surface area contributed by atoms with Crippen molar-refractivity contribution in [3.63, 3.8) is 0 Å². The molecule has 1 N–H and O–H groups in total. The van der Waals surface area contributed by atoms with E-state index >= 15 is 0 Å². The van der Waals surface area contributed by atoms with Gasteiger partial charge in [-0.1, -0.05) is 35.9 Å². The van der Waals surface area contributed by atoms with Gasteiger partial charge in [-0.2, -0.15) is 0 Å². The number of benzene rings is 1. The smallest absolute Gasteiger partial charge is 0.317 e. The first-order valence-electron chi connectivity index (χ1n) is 9.49. The number of likely N-dealkylation sites (tertiary alicyclic amines) is 1. The summed E-state index contributed by atoms with van der Waals surface area (Å²) in [6, 6.07) is 11.9. The van der Waals surface area contributed by atoms with Crippen LogP contribution in [0.4, 0.5) is 4.79 Å². The Labute approximate surface area is 166 Å². The Morgan fingerprint density at radius 1 is 1.26 bits per heavy atom. The first-order valence-corrected chi connectivity index (χ1v) is 9.86. The third-order valence-electron chi connectivity index (χ3n) is 5.09. The van der Waals surface area contributed by atoms with Crippen LogP contribution in [0.3, 0.4) is 0 Å². The molecule has 1 saturated heterocycles. The maximum atomic E-state index is 13.0. The molecule has 1 fully saturated rings. The highest BCUT2D eigenvalue weighted by atomic mass is 35.5. The van der Waals surface area contributed by atoms with Crippen LogP contribution in [0, 0.1) is 0 Å². The van der Waals surface area contributed by atoms with Gasteiger partial charge in [0.15, 0.2) is 0 Å². The standard InChI is InChI=1S/C21H27ClN4O/c1-25-13-9-19(10-14-25)26(16-17-5-4-11-23-15-17)21(27)24-12-8-18-6-2-3-7-20(18)22/h2-7,11,15,19H,8-10,12-14,16H2,1H3,(H,24,27). The fraction of sp³-hybridized carbons (Fsp3) is 0.429. The number of urea groups is 1. The van der Waals surface area contributed by atoms with Crippen molar-refractivity contribution in [1.82, 2.24) is 20.1 Å². The predicted octanol–water partition coefficient (Wildman–Crippen LogP) is 3.58. The molecule has 0 saturated carbocycles. The molecule has 2 amide bonds. The number of pyridine rings is 1. The molecule has 1 aromatic carbocycles. The van der Waals surface area contributed by atoms with E-state index in [0.29, 0.717) is 13.1 Å². The van der Waals surface area contributed by atoms with E-state index in [0.717, 1.165) is 48.5 Å². The number of hydrogen-bond donors (Lipinski definition) is 1. The molecular formula is C21H27ClN4O. The van der Waals surface area contributed by atoms with Crippen LogP contribution in [0.1, 0.15) is 24.0 Å². The first-order chi connectivity index (χ1) is 13.1. The van der Waals surface area contributed by atoms with Crippen molar-refractivity contribution in [2.45, 2.75) is 31.8 Å². The van der Waals surface area contributed by atoms with E-state index in [-0.39, 0.29) is 12.1 Å². The van der Waals surface area contributed by atoms with Crippen molar-refractivity contribution in [3.05, 3.63) is 64.9 Å². The predicted molar refractivity (Wildman–Crippen MR) is 109 cm³/mol. The molecule has 2 aromatic rings. The number of rotatable bonds is 6. The SMILES string of the molecule is CN1CCC(N(Cc2cccnc2)C(=O)NCCc2ccccc2Cl)CC1. The second-order valence-corrected chi connectivity index (χ2v) is 7.50. The van der Waals surface area contributed by atoms with Crippen LogP contribution in [0.2, 0.25) is 5.02 Å². The summed E-state index contributed by atoms with van der Waals surface area (Å²) in [7, 11) is 2.13. The molecule has 5 nitrogen and oxygen atoms in total. The molecule has 0 unspecified atom stereocenters. The van der Waals surface area contributed by atoms with Gasteiger partial charge in [-0.05, 0) is 62.7 Å². The van der Waals surface area contributed by atoms with Gasteiger partial charge in [0.2, 0.25) is 0 Å². The maximum Gasteiger partial charge on any atom is 0.317 e. The number of aromatic nitrogens is 1. The summed E-state index contributed by atoms with van der Waals surface area (Å²) in [6.07, 6.45) is 6.30. The number of nitrogens with one attached hydrogen (secondary N) is 1. The van der Waals surface area contributed by atoms with Crippen molar-refractivity contribution in [2.75, 3.05) is 26.7 Å². The van der Waals surface area contributed by atoms with Crippen LogP contribution >= 0.6 is 11.6 Å². The number of carbonyl (C=O) groups excluding carboxylic acids is 1. The first kappa shape index (κ1) is 19.6. The highest BCUT2D eigenvalue weighted by Crippen LogP contribution is 2.19. The van der Waals surface area contributed by atoms with Crippen LogP contribution < -0.4 is 5.32 Å². The third-order valence-corrected chi connectivity index (χ3v) is 5.46. The maximum absolute atomic E-state index is 13.0. The highest BCUT2D eigenvalue weighted by molar-refractivity contribution is 6.31. The normalized spacial score (nSPS) is 15.5. The summed E-state index contributed by atoms with van der Waals surface area (Å²) in [6.45, 7) is 3.18. The number of nitrogens with zero attached hydrogens (tertiary/aromatic N) is 3. The molecule has 0 aliphatic carbocycles. The van der Waals surface area contributed by atoms with E-state index < -0.39 is 0 Å². The largest absolute Gasteiger partial charge is 0.338 e. The molecule has 1 aliphatic rings. The van der Waals surface area contributed by atoms with Crippen molar-refractivity contribution in [2.24, 2.45) is 0 Å². The van der Waals surface area contributed by atoms with Crippen molar-refractivity contribution in [3.8, 4) is 0 Å². The van der Waals surface area contributed by atoms with E-state index in [1.54, 1.807) is 6.20 Å². The highest BCUT2D eigenvalue weighted by Gasteiger charge is 2.27. The number of halogens is 1. The summed E-state index contributed by atoms with van der Waals surface area (Å²) in [4.78, 5) is 21.4. The zero-order valence-corrected chi connectivity index (χ0v) is 16.5. The van der Waals surface area contributed by atoms with Gasteiger partial charge in [0.1, 0.15) is 0 Å². The lowest BCUT2D eigenvalue weighted by molar-refractivity contribution is 0.127.